The monoisotopic (exact) mass is 291 g/mol. The van der Waals surface area contributed by atoms with E-state index in [1.807, 2.05) is 11.4 Å². The van der Waals surface area contributed by atoms with Crippen molar-refractivity contribution in [2.45, 2.75) is 0 Å². The highest BCUT2D eigenvalue weighted by molar-refractivity contribution is 7.12. The lowest BCUT2D eigenvalue weighted by Gasteiger charge is -2.07. The van der Waals surface area contributed by atoms with Crippen LogP contribution in [0.1, 0.15) is 9.67 Å². The molecule has 0 aliphatic carbocycles. The van der Waals surface area contributed by atoms with Crippen LogP contribution in [-0.4, -0.2) is 23.9 Å². The number of nitrogens with zero attached hydrogens (tertiary/aromatic N) is 1. The van der Waals surface area contributed by atoms with Crippen LogP contribution in [0, 0.1) is 10.1 Å². The van der Waals surface area contributed by atoms with Gasteiger partial charge in [-0.05, 0) is 17.5 Å². The third-order valence-corrected chi connectivity index (χ3v) is 3.44. The maximum absolute atomic E-state index is 11.7. The summed E-state index contributed by atoms with van der Waals surface area (Å²) in [4.78, 5) is 22.7. The molecule has 1 aromatic carbocycles. The van der Waals surface area contributed by atoms with Gasteiger partial charge in [0.2, 0.25) is 0 Å². The van der Waals surface area contributed by atoms with Gasteiger partial charge in [0.25, 0.3) is 11.6 Å². The van der Waals surface area contributed by atoms with Crippen molar-refractivity contribution in [3.05, 3.63) is 56.8 Å². The van der Waals surface area contributed by atoms with Crippen LogP contribution in [0.3, 0.4) is 0 Å². The highest BCUT2D eigenvalue weighted by Gasteiger charge is 2.11. The van der Waals surface area contributed by atoms with Crippen LogP contribution in [-0.2, 0) is 0 Å². The lowest BCUT2D eigenvalue weighted by atomic mass is 10.2. The van der Waals surface area contributed by atoms with Gasteiger partial charge < -0.3 is 10.6 Å². The predicted molar refractivity (Wildman–Crippen MR) is 78.2 cm³/mol. The van der Waals surface area contributed by atoms with Gasteiger partial charge in [-0.2, -0.15) is 0 Å². The Balaban J connectivity index is 1.82. The molecule has 0 radical (unpaired) electrons. The second kappa shape index (κ2) is 6.67. The first kappa shape index (κ1) is 14.0. The Kier molecular flexibility index (Phi) is 4.67. The summed E-state index contributed by atoms with van der Waals surface area (Å²) in [6, 6.07) is 9.97. The van der Waals surface area contributed by atoms with Crippen LogP contribution in [0.5, 0.6) is 0 Å². The maximum Gasteiger partial charge on any atom is 0.292 e. The zero-order valence-corrected chi connectivity index (χ0v) is 11.4. The molecule has 0 bridgehead atoms. The maximum atomic E-state index is 11.7. The van der Waals surface area contributed by atoms with E-state index >= 15 is 0 Å². The summed E-state index contributed by atoms with van der Waals surface area (Å²) in [5.41, 5.74) is 0.472. The first-order valence-electron chi connectivity index (χ1n) is 5.97. The number of para-hydroxylation sites is 2. The van der Waals surface area contributed by atoms with Gasteiger partial charge in [-0.1, -0.05) is 18.2 Å². The minimum absolute atomic E-state index is 0.0251. The zero-order valence-electron chi connectivity index (χ0n) is 10.5. The minimum atomic E-state index is -0.438. The molecule has 0 atom stereocenters. The van der Waals surface area contributed by atoms with Gasteiger partial charge >= 0.3 is 0 Å². The molecule has 1 aromatic heterocycles. The first-order chi connectivity index (χ1) is 9.68. The Morgan fingerprint density at radius 3 is 2.70 bits per heavy atom. The normalized spacial score (nSPS) is 10.0. The second-order valence-corrected chi connectivity index (χ2v) is 4.88. The number of nitro groups is 1. The van der Waals surface area contributed by atoms with E-state index in [1.54, 1.807) is 24.3 Å². The molecular weight excluding hydrogens is 278 g/mol. The molecule has 0 saturated carbocycles. The number of nitro benzene ring substituents is 1. The number of thiophene rings is 1. The van der Waals surface area contributed by atoms with E-state index < -0.39 is 4.92 Å². The van der Waals surface area contributed by atoms with E-state index in [0.717, 1.165) is 0 Å². The van der Waals surface area contributed by atoms with Gasteiger partial charge in [0, 0.05) is 19.2 Å². The van der Waals surface area contributed by atoms with E-state index in [9.17, 15) is 14.9 Å². The van der Waals surface area contributed by atoms with Crippen molar-refractivity contribution in [3.8, 4) is 0 Å². The first-order valence-corrected chi connectivity index (χ1v) is 6.85. The van der Waals surface area contributed by atoms with Crippen molar-refractivity contribution in [2.75, 3.05) is 18.4 Å². The van der Waals surface area contributed by atoms with Crippen LogP contribution >= 0.6 is 11.3 Å². The highest BCUT2D eigenvalue weighted by atomic mass is 32.1. The van der Waals surface area contributed by atoms with Gasteiger partial charge in [0.15, 0.2) is 0 Å². The molecule has 0 unspecified atom stereocenters. The summed E-state index contributed by atoms with van der Waals surface area (Å²) in [5, 5.41) is 18.3. The van der Waals surface area contributed by atoms with Crippen molar-refractivity contribution in [2.24, 2.45) is 0 Å². The number of carbonyl (C=O) groups excluding carboxylic acids is 1. The molecule has 0 aliphatic rings. The van der Waals surface area contributed by atoms with Gasteiger partial charge in [-0.15, -0.1) is 11.3 Å². The summed E-state index contributed by atoms with van der Waals surface area (Å²) in [6.07, 6.45) is 0. The van der Waals surface area contributed by atoms with Crippen molar-refractivity contribution in [1.29, 1.82) is 0 Å². The number of carbonyl (C=O) groups is 1. The predicted octanol–water partition coefficient (Wildman–Crippen LogP) is 2.50. The fraction of sp³-hybridized carbons (Fsp3) is 0.154. The quantitative estimate of drug-likeness (QED) is 0.486. The van der Waals surface area contributed by atoms with Gasteiger partial charge in [0.1, 0.15) is 5.69 Å². The van der Waals surface area contributed by atoms with Crippen molar-refractivity contribution < 1.29 is 9.72 Å². The van der Waals surface area contributed by atoms with Crippen molar-refractivity contribution in [1.82, 2.24) is 5.32 Å². The smallest absolute Gasteiger partial charge is 0.292 e. The molecule has 1 heterocycles. The largest absolute Gasteiger partial charge is 0.378 e. The topological polar surface area (TPSA) is 84.3 Å². The Labute approximate surface area is 119 Å². The Morgan fingerprint density at radius 2 is 2.00 bits per heavy atom. The molecule has 2 N–H and O–H groups in total. The third kappa shape index (κ3) is 3.55. The van der Waals surface area contributed by atoms with Crippen molar-refractivity contribution in [3.63, 3.8) is 0 Å². The molecule has 7 heteroatoms. The SMILES string of the molecule is O=C(NCCNc1ccccc1[N+](=O)[O-])c1cccs1. The average Bonchev–Trinajstić information content (AvgIpc) is 2.98. The van der Waals surface area contributed by atoms with E-state index in [0.29, 0.717) is 23.7 Å². The summed E-state index contributed by atoms with van der Waals surface area (Å²) in [7, 11) is 0. The molecular formula is C13H13N3O3S. The molecule has 6 nitrogen and oxygen atoms in total. The van der Waals surface area contributed by atoms with Gasteiger partial charge in [-0.3, -0.25) is 14.9 Å². The Bertz CT molecular complexity index is 599. The van der Waals surface area contributed by atoms with E-state index in [-0.39, 0.29) is 11.6 Å². The Morgan fingerprint density at radius 1 is 1.20 bits per heavy atom. The fourth-order valence-corrected chi connectivity index (χ4v) is 2.29. The molecule has 2 aromatic rings. The van der Waals surface area contributed by atoms with E-state index in [1.165, 1.54) is 17.4 Å². The third-order valence-electron chi connectivity index (χ3n) is 2.57. The summed E-state index contributed by atoms with van der Waals surface area (Å²) in [6.45, 7) is 0.810. The lowest BCUT2D eigenvalue weighted by Crippen LogP contribution is -2.28. The van der Waals surface area contributed by atoms with Crippen molar-refractivity contribution >= 4 is 28.6 Å². The van der Waals surface area contributed by atoms with E-state index in [2.05, 4.69) is 10.6 Å². The molecule has 0 spiro atoms. The summed E-state index contributed by atoms with van der Waals surface area (Å²) >= 11 is 1.37. The molecule has 20 heavy (non-hydrogen) atoms. The average molecular weight is 291 g/mol. The molecule has 0 saturated heterocycles. The number of hydrogen-bond donors (Lipinski definition) is 2. The molecule has 104 valence electrons. The molecule has 0 aliphatic heterocycles. The zero-order chi connectivity index (χ0) is 14.4. The van der Waals surface area contributed by atoms with Crippen LogP contribution < -0.4 is 10.6 Å². The second-order valence-electron chi connectivity index (χ2n) is 3.93. The standard InChI is InChI=1S/C13H13N3O3S/c17-13(12-6-3-9-20-12)15-8-7-14-10-4-1-2-5-11(10)16(18)19/h1-6,9,14H,7-8H2,(H,15,17). The molecule has 1 amide bonds. The molecule has 0 fully saturated rings. The van der Waals surface area contributed by atoms with Crippen LogP contribution in [0.15, 0.2) is 41.8 Å². The number of hydrogen-bond acceptors (Lipinski definition) is 5. The van der Waals surface area contributed by atoms with Gasteiger partial charge in [0.05, 0.1) is 9.80 Å². The van der Waals surface area contributed by atoms with Crippen LogP contribution in [0.4, 0.5) is 11.4 Å². The number of amides is 1. The van der Waals surface area contributed by atoms with Crippen LogP contribution in [0.25, 0.3) is 0 Å². The number of anilines is 1. The fourth-order valence-electron chi connectivity index (χ4n) is 1.65. The number of benzene rings is 1. The molecule has 2 rings (SSSR count). The van der Waals surface area contributed by atoms with Crippen LogP contribution in [0.2, 0.25) is 0 Å². The lowest BCUT2D eigenvalue weighted by molar-refractivity contribution is -0.384. The minimum Gasteiger partial charge on any atom is -0.378 e. The Hall–Kier alpha value is -2.41. The summed E-state index contributed by atoms with van der Waals surface area (Å²) in [5.74, 6) is -0.135. The number of nitrogens with one attached hydrogen (secondary N) is 2. The van der Waals surface area contributed by atoms with E-state index in [4.69, 9.17) is 0 Å². The summed E-state index contributed by atoms with van der Waals surface area (Å²) < 4.78 is 0. The highest BCUT2D eigenvalue weighted by Crippen LogP contribution is 2.22. The number of rotatable bonds is 6. The van der Waals surface area contributed by atoms with Gasteiger partial charge in [-0.25, -0.2) is 0 Å².